The van der Waals surface area contributed by atoms with E-state index in [4.69, 9.17) is 16.5 Å². The van der Waals surface area contributed by atoms with E-state index >= 15 is 0 Å². The van der Waals surface area contributed by atoms with Crippen LogP contribution >= 0.6 is 0 Å². The predicted octanol–water partition coefficient (Wildman–Crippen LogP) is 2.44. The van der Waals surface area contributed by atoms with Crippen LogP contribution in [0.5, 0.6) is 0 Å². The molecule has 5 N–H and O–H groups in total. The summed E-state index contributed by atoms with van der Waals surface area (Å²) >= 11 is 0. The molecule has 0 aliphatic heterocycles. The average Bonchev–Trinajstić information content (AvgIpc) is 3.01. The molecule has 4 rings (SSSR count). The SMILES string of the molecule is Nc1cc(Nc2cccnc2)nn2cc(C3CCC(N)CC3)nc12. The number of hydrogen-bond donors (Lipinski definition) is 3. The first kappa shape index (κ1) is 14.9. The molecule has 24 heavy (non-hydrogen) atoms. The van der Waals surface area contributed by atoms with Crippen LogP contribution in [0.2, 0.25) is 0 Å². The zero-order valence-electron chi connectivity index (χ0n) is 13.4. The van der Waals surface area contributed by atoms with E-state index in [1.165, 1.54) is 0 Å². The molecule has 0 unspecified atom stereocenters. The quantitative estimate of drug-likeness (QED) is 0.683. The minimum atomic E-state index is 0.330. The number of aromatic nitrogens is 4. The van der Waals surface area contributed by atoms with Crippen molar-refractivity contribution < 1.29 is 0 Å². The Morgan fingerprint density at radius 3 is 2.79 bits per heavy atom. The summed E-state index contributed by atoms with van der Waals surface area (Å²) in [6.07, 6.45) is 9.71. The zero-order chi connectivity index (χ0) is 16.5. The van der Waals surface area contributed by atoms with E-state index in [9.17, 15) is 0 Å². The minimum absolute atomic E-state index is 0.330. The highest BCUT2D eigenvalue weighted by molar-refractivity contribution is 5.69. The molecule has 1 fully saturated rings. The van der Waals surface area contributed by atoms with E-state index in [0.29, 0.717) is 29.1 Å². The Bertz CT molecular complexity index is 835. The number of rotatable bonds is 3. The van der Waals surface area contributed by atoms with Crippen LogP contribution in [0.25, 0.3) is 5.65 Å². The lowest BCUT2D eigenvalue weighted by atomic mass is 9.85. The number of nitrogen functional groups attached to an aromatic ring is 1. The third-order valence-electron chi connectivity index (χ3n) is 4.60. The Labute approximate surface area is 140 Å². The van der Waals surface area contributed by atoms with Crippen LogP contribution in [0.4, 0.5) is 17.2 Å². The average molecular weight is 323 g/mol. The summed E-state index contributed by atoms with van der Waals surface area (Å²) in [5.41, 5.74) is 15.4. The number of anilines is 3. The summed E-state index contributed by atoms with van der Waals surface area (Å²) in [5.74, 6) is 1.11. The highest BCUT2D eigenvalue weighted by Gasteiger charge is 2.23. The monoisotopic (exact) mass is 323 g/mol. The van der Waals surface area contributed by atoms with E-state index in [1.807, 2.05) is 18.3 Å². The molecule has 0 radical (unpaired) electrons. The molecule has 1 aliphatic rings. The first-order valence-electron chi connectivity index (χ1n) is 8.27. The van der Waals surface area contributed by atoms with Crippen molar-refractivity contribution >= 4 is 22.8 Å². The summed E-state index contributed by atoms with van der Waals surface area (Å²) in [4.78, 5) is 8.79. The fraction of sp³-hybridized carbons (Fsp3) is 0.353. The molecule has 1 saturated carbocycles. The second kappa shape index (κ2) is 6.09. The number of nitrogens with one attached hydrogen (secondary N) is 1. The predicted molar refractivity (Wildman–Crippen MR) is 94.1 cm³/mol. The molecule has 0 aromatic carbocycles. The molecule has 0 atom stereocenters. The lowest BCUT2D eigenvalue weighted by molar-refractivity contribution is 0.391. The number of imidazole rings is 1. The molecule has 1 aliphatic carbocycles. The van der Waals surface area contributed by atoms with E-state index in [-0.39, 0.29) is 0 Å². The van der Waals surface area contributed by atoms with Gasteiger partial charge in [0.1, 0.15) is 0 Å². The van der Waals surface area contributed by atoms with Crippen molar-refractivity contribution in [2.75, 3.05) is 11.1 Å². The van der Waals surface area contributed by atoms with Gasteiger partial charge in [-0.25, -0.2) is 9.50 Å². The lowest BCUT2D eigenvalue weighted by Gasteiger charge is -2.24. The van der Waals surface area contributed by atoms with Crippen molar-refractivity contribution in [3.05, 3.63) is 42.5 Å². The molecular weight excluding hydrogens is 302 g/mol. The van der Waals surface area contributed by atoms with Gasteiger partial charge in [0.15, 0.2) is 11.5 Å². The highest BCUT2D eigenvalue weighted by atomic mass is 15.3. The van der Waals surface area contributed by atoms with Crippen LogP contribution < -0.4 is 16.8 Å². The maximum Gasteiger partial charge on any atom is 0.177 e. The molecule has 3 aromatic rings. The maximum absolute atomic E-state index is 6.18. The molecule has 124 valence electrons. The number of pyridine rings is 1. The molecule has 0 bridgehead atoms. The maximum atomic E-state index is 6.18. The molecule has 0 saturated heterocycles. The van der Waals surface area contributed by atoms with Gasteiger partial charge in [-0.2, -0.15) is 0 Å². The molecule has 3 heterocycles. The van der Waals surface area contributed by atoms with Crippen molar-refractivity contribution in [3.8, 4) is 0 Å². The Morgan fingerprint density at radius 2 is 2.04 bits per heavy atom. The number of nitrogens with two attached hydrogens (primary N) is 2. The first-order valence-corrected chi connectivity index (χ1v) is 8.27. The minimum Gasteiger partial charge on any atom is -0.396 e. The third-order valence-corrected chi connectivity index (χ3v) is 4.60. The van der Waals surface area contributed by atoms with E-state index < -0.39 is 0 Å². The Kier molecular flexibility index (Phi) is 3.78. The van der Waals surface area contributed by atoms with Gasteiger partial charge in [-0.3, -0.25) is 4.98 Å². The van der Waals surface area contributed by atoms with Crippen LogP contribution in [-0.2, 0) is 0 Å². The van der Waals surface area contributed by atoms with Gasteiger partial charge in [0.25, 0.3) is 0 Å². The molecular formula is C17H21N7. The molecule has 3 aromatic heterocycles. The summed E-state index contributed by atoms with van der Waals surface area (Å²) in [6, 6.07) is 5.93. The van der Waals surface area contributed by atoms with Gasteiger partial charge in [0, 0.05) is 24.2 Å². The van der Waals surface area contributed by atoms with Gasteiger partial charge in [0.2, 0.25) is 0 Å². The second-order valence-corrected chi connectivity index (χ2v) is 6.40. The number of fused-ring (bicyclic) bond motifs is 1. The summed E-state index contributed by atoms with van der Waals surface area (Å²) < 4.78 is 1.76. The fourth-order valence-electron chi connectivity index (χ4n) is 3.28. The normalized spacial score (nSPS) is 21.0. The van der Waals surface area contributed by atoms with E-state index in [2.05, 4.69) is 15.4 Å². The van der Waals surface area contributed by atoms with Crippen molar-refractivity contribution in [2.45, 2.75) is 37.6 Å². The number of nitrogens with zero attached hydrogens (tertiary/aromatic N) is 4. The van der Waals surface area contributed by atoms with Crippen LogP contribution in [-0.4, -0.2) is 25.6 Å². The zero-order valence-corrected chi connectivity index (χ0v) is 13.4. The van der Waals surface area contributed by atoms with Crippen molar-refractivity contribution in [3.63, 3.8) is 0 Å². The molecule has 0 amide bonds. The van der Waals surface area contributed by atoms with Gasteiger partial charge >= 0.3 is 0 Å². The van der Waals surface area contributed by atoms with Crippen molar-refractivity contribution in [1.82, 2.24) is 19.6 Å². The Morgan fingerprint density at radius 1 is 1.21 bits per heavy atom. The Hall–Kier alpha value is -2.67. The van der Waals surface area contributed by atoms with Gasteiger partial charge in [-0.15, -0.1) is 5.10 Å². The molecule has 7 heteroatoms. The second-order valence-electron chi connectivity index (χ2n) is 6.40. The Balaban J connectivity index is 1.63. The third kappa shape index (κ3) is 2.90. The van der Waals surface area contributed by atoms with Gasteiger partial charge < -0.3 is 16.8 Å². The van der Waals surface area contributed by atoms with Crippen LogP contribution in [0.1, 0.15) is 37.3 Å². The summed E-state index contributed by atoms with van der Waals surface area (Å²) in [7, 11) is 0. The smallest absolute Gasteiger partial charge is 0.177 e. The highest BCUT2D eigenvalue weighted by Crippen LogP contribution is 2.32. The van der Waals surface area contributed by atoms with Crippen LogP contribution in [0.15, 0.2) is 36.8 Å². The van der Waals surface area contributed by atoms with Crippen molar-refractivity contribution in [2.24, 2.45) is 5.73 Å². The van der Waals surface area contributed by atoms with E-state index in [0.717, 1.165) is 37.1 Å². The molecule has 0 spiro atoms. The largest absolute Gasteiger partial charge is 0.396 e. The van der Waals surface area contributed by atoms with Gasteiger partial charge in [0.05, 0.1) is 29.5 Å². The topological polar surface area (TPSA) is 107 Å². The van der Waals surface area contributed by atoms with Crippen molar-refractivity contribution in [1.29, 1.82) is 0 Å². The summed E-state index contributed by atoms with van der Waals surface area (Å²) in [6.45, 7) is 0. The van der Waals surface area contributed by atoms with Crippen LogP contribution in [0, 0.1) is 0 Å². The summed E-state index contributed by atoms with van der Waals surface area (Å²) in [5, 5.41) is 7.79. The first-order chi connectivity index (χ1) is 11.7. The van der Waals surface area contributed by atoms with Gasteiger partial charge in [-0.1, -0.05) is 0 Å². The fourth-order valence-corrected chi connectivity index (χ4v) is 3.28. The lowest BCUT2D eigenvalue weighted by Crippen LogP contribution is -2.25. The standard InChI is InChI=1S/C17H21N7/c18-12-5-3-11(4-6-12)15-10-24-17(22-15)14(19)8-16(23-24)21-13-2-1-7-20-9-13/h1-2,7-12H,3-6,18-19H2,(H,21,23). The van der Waals surface area contributed by atoms with E-state index in [1.54, 1.807) is 23.0 Å². The van der Waals surface area contributed by atoms with Crippen LogP contribution in [0.3, 0.4) is 0 Å². The molecule has 7 nitrogen and oxygen atoms in total. The van der Waals surface area contributed by atoms with Gasteiger partial charge in [-0.05, 0) is 37.8 Å². The number of hydrogen-bond acceptors (Lipinski definition) is 6.